The SMILES string of the molecule is CCCCN(CCCC)c1cc(Oc2cccc(F)c2)c(S(N)(=O)=O)cc1C(=O)O. The lowest BCUT2D eigenvalue weighted by atomic mass is 10.1. The number of hydrogen-bond donors (Lipinski definition) is 2. The van der Waals surface area contributed by atoms with Crippen LogP contribution in [0.25, 0.3) is 0 Å². The molecule has 0 saturated heterocycles. The summed E-state index contributed by atoms with van der Waals surface area (Å²) in [7, 11) is -4.30. The molecule has 0 atom stereocenters. The topological polar surface area (TPSA) is 110 Å². The van der Waals surface area contributed by atoms with Crippen LogP contribution in [0.1, 0.15) is 49.9 Å². The van der Waals surface area contributed by atoms with Crippen LogP contribution in [0.2, 0.25) is 0 Å². The number of unbranched alkanes of at least 4 members (excludes halogenated alkanes) is 2. The predicted octanol–water partition coefficient (Wildman–Crippen LogP) is 4.37. The lowest BCUT2D eigenvalue weighted by molar-refractivity contribution is 0.0697. The molecule has 0 saturated carbocycles. The maximum Gasteiger partial charge on any atom is 0.337 e. The minimum atomic E-state index is -4.30. The highest BCUT2D eigenvalue weighted by molar-refractivity contribution is 7.89. The van der Waals surface area contributed by atoms with Gasteiger partial charge in [0, 0.05) is 25.2 Å². The van der Waals surface area contributed by atoms with Gasteiger partial charge in [0.15, 0.2) is 0 Å². The minimum Gasteiger partial charge on any atom is -0.478 e. The van der Waals surface area contributed by atoms with Gasteiger partial charge in [-0.05, 0) is 31.0 Å². The molecule has 30 heavy (non-hydrogen) atoms. The number of rotatable bonds is 11. The summed E-state index contributed by atoms with van der Waals surface area (Å²) in [5.41, 5.74) is 0.154. The molecule has 7 nitrogen and oxygen atoms in total. The lowest BCUT2D eigenvalue weighted by Crippen LogP contribution is -2.28. The third-order valence-corrected chi connectivity index (χ3v) is 5.46. The average Bonchev–Trinajstić information content (AvgIpc) is 2.67. The maximum absolute atomic E-state index is 13.6. The standard InChI is InChI=1S/C21H27FN2O5S/c1-3-5-10-24(11-6-4-2)18-14-19(29-16-9-7-8-15(22)12-16)20(30(23,27)28)13-17(18)21(25)26/h7-9,12-14H,3-6,10-11H2,1-2H3,(H,25,26)(H2,23,27,28). The van der Waals surface area contributed by atoms with Gasteiger partial charge in [-0.1, -0.05) is 32.8 Å². The smallest absolute Gasteiger partial charge is 0.337 e. The second-order valence-electron chi connectivity index (χ2n) is 6.92. The molecule has 0 spiro atoms. The van der Waals surface area contributed by atoms with E-state index in [1.807, 2.05) is 18.7 Å². The first kappa shape index (κ1) is 23.6. The zero-order valence-corrected chi connectivity index (χ0v) is 17.9. The van der Waals surface area contributed by atoms with Crippen molar-refractivity contribution in [3.8, 4) is 11.5 Å². The van der Waals surface area contributed by atoms with Crippen LogP contribution < -0.4 is 14.8 Å². The highest BCUT2D eigenvalue weighted by Crippen LogP contribution is 2.36. The van der Waals surface area contributed by atoms with Crippen LogP contribution in [-0.4, -0.2) is 32.6 Å². The Morgan fingerprint density at radius 1 is 1.13 bits per heavy atom. The van der Waals surface area contributed by atoms with Gasteiger partial charge in [0.1, 0.15) is 22.2 Å². The monoisotopic (exact) mass is 438 g/mol. The molecule has 0 fully saturated rings. The fraction of sp³-hybridized carbons (Fsp3) is 0.381. The molecular formula is C21H27FN2O5S. The van der Waals surface area contributed by atoms with Crippen molar-refractivity contribution in [1.29, 1.82) is 0 Å². The van der Waals surface area contributed by atoms with Crippen molar-refractivity contribution < 1.29 is 27.4 Å². The van der Waals surface area contributed by atoms with Crippen molar-refractivity contribution in [3.05, 3.63) is 47.8 Å². The van der Waals surface area contributed by atoms with Crippen molar-refractivity contribution >= 4 is 21.7 Å². The Hall–Kier alpha value is -2.65. The maximum atomic E-state index is 13.6. The Kier molecular flexibility index (Phi) is 8.19. The van der Waals surface area contributed by atoms with Gasteiger partial charge in [-0.15, -0.1) is 0 Å². The van der Waals surface area contributed by atoms with Gasteiger partial charge in [-0.25, -0.2) is 22.7 Å². The minimum absolute atomic E-state index is 0.0718. The van der Waals surface area contributed by atoms with Crippen LogP contribution in [0.15, 0.2) is 41.3 Å². The van der Waals surface area contributed by atoms with Crippen LogP contribution in [0.4, 0.5) is 10.1 Å². The third-order valence-electron chi connectivity index (χ3n) is 4.53. The third kappa shape index (κ3) is 6.17. The molecule has 0 radical (unpaired) electrons. The van der Waals surface area contributed by atoms with E-state index in [4.69, 9.17) is 9.88 Å². The zero-order chi connectivity index (χ0) is 22.3. The number of carboxylic acid groups (broad SMARTS) is 1. The number of carboxylic acids is 1. The van der Waals surface area contributed by atoms with Gasteiger partial charge >= 0.3 is 5.97 Å². The van der Waals surface area contributed by atoms with E-state index < -0.39 is 26.7 Å². The summed E-state index contributed by atoms with van der Waals surface area (Å²) in [5.74, 6) is -1.91. The van der Waals surface area contributed by atoms with Crippen molar-refractivity contribution in [2.75, 3.05) is 18.0 Å². The molecule has 3 N–H and O–H groups in total. The molecule has 2 aromatic rings. The predicted molar refractivity (Wildman–Crippen MR) is 113 cm³/mol. The summed E-state index contributed by atoms with van der Waals surface area (Å²) in [4.78, 5) is 13.3. The fourth-order valence-corrected chi connectivity index (χ4v) is 3.66. The molecule has 0 aromatic heterocycles. The molecule has 0 aliphatic rings. The lowest BCUT2D eigenvalue weighted by Gasteiger charge is -2.27. The number of primary sulfonamides is 1. The van der Waals surface area contributed by atoms with Crippen LogP contribution >= 0.6 is 0 Å². The number of sulfonamides is 1. The molecule has 0 unspecified atom stereocenters. The van der Waals surface area contributed by atoms with E-state index in [1.54, 1.807) is 0 Å². The van der Waals surface area contributed by atoms with Gasteiger partial charge in [-0.2, -0.15) is 0 Å². The van der Waals surface area contributed by atoms with E-state index in [2.05, 4.69) is 0 Å². The summed E-state index contributed by atoms with van der Waals surface area (Å²) in [6, 6.07) is 7.58. The number of ether oxygens (including phenoxy) is 1. The van der Waals surface area contributed by atoms with Crippen molar-refractivity contribution in [1.82, 2.24) is 0 Å². The fourth-order valence-electron chi connectivity index (χ4n) is 2.99. The molecule has 0 amide bonds. The van der Waals surface area contributed by atoms with E-state index in [9.17, 15) is 22.7 Å². The summed E-state index contributed by atoms with van der Waals surface area (Å²) < 4.78 is 43.4. The summed E-state index contributed by atoms with van der Waals surface area (Å²) in [6.07, 6.45) is 3.49. The normalized spacial score (nSPS) is 11.3. The Balaban J connectivity index is 2.65. The van der Waals surface area contributed by atoms with Crippen LogP contribution in [0, 0.1) is 5.82 Å². The summed E-state index contributed by atoms with van der Waals surface area (Å²) in [6.45, 7) is 5.26. The molecular weight excluding hydrogens is 411 g/mol. The molecule has 0 heterocycles. The molecule has 0 bridgehead atoms. The van der Waals surface area contributed by atoms with E-state index in [0.717, 1.165) is 37.8 Å². The van der Waals surface area contributed by atoms with E-state index in [0.29, 0.717) is 18.8 Å². The van der Waals surface area contributed by atoms with Crippen LogP contribution in [0.5, 0.6) is 11.5 Å². The van der Waals surface area contributed by atoms with Gasteiger partial charge in [0.25, 0.3) is 0 Å². The largest absolute Gasteiger partial charge is 0.478 e. The Morgan fingerprint density at radius 2 is 1.77 bits per heavy atom. The number of nitrogens with two attached hydrogens (primary N) is 1. The van der Waals surface area contributed by atoms with E-state index in [-0.39, 0.29) is 17.1 Å². The van der Waals surface area contributed by atoms with Gasteiger partial charge in [0.05, 0.1) is 11.3 Å². The molecule has 0 aliphatic carbocycles. The second-order valence-corrected chi connectivity index (χ2v) is 8.45. The Morgan fingerprint density at radius 3 is 2.27 bits per heavy atom. The number of anilines is 1. The number of benzene rings is 2. The number of nitrogens with zero attached hydrogens (tertiary/aromatic N) is 1. The summed E-state index contributed by atoms with van der Waals surface area (Å²) >= 11 is 0. The van der Waals surface area contributed by atoms with Gasteiger partial charge in [-0.3, -0.25) is 0 Å². The van der Waals surface area contributed by atoms with Crippen molar-refractivity contribution in [2.24, 2.45) is 5.14 Å². The van der Waals surface area contributed by atoms with Gasteiger partial charge in [0.2, 0.25) is 10.0 Å². The van der Waals surface area contributed by atoms with Crippen molar-refractivity contribution in [2.45, 2.75) is 44.4 Å². The molecule has 9 heteroatoms. The van der Waals surface area contributed by atoms with E-state index in [1.165, 1.54) is 24.3 Å². The first-order chi connectivity index (χ1) is 14.2. The molecule has 2 rings (SSSR count). The van der Waals surface area contributed by atoms with Crippen molar-refractivity contribution in [3.63, 3.8) is 0 Å². The number of halogens is 1. The molecule has 164 valence electrons. The quantitative estimate of drug-likeness (QED) is 0.539. The summed E-state index contributed by atoms with van der Waals surface area (Å²) in [5, 5.41) is 15.0. The highest BCUT2D eigenvalue weighted by Gasteiger charge is 2.25. The first-order valence-electron chi connectivity index (χ1n) is 9.79. The molecule has 2 aromatic carbocycles. The van der Waals surface area contributed by atoms with Gasteiger partial charge < -0.3 is 14.7 Å². The zero-order valence-electron chi connectivity index (χ0n) is 17.1. The Bertz CT molecular complexity index is 987. The van der Waals surface area contributed by atoms with Crippen LogP contribution in [0.3, 0.4) is 0 Å². The Labute approximate surface area is 176 Å². The molecule has 0 aliphatic heterocycles. The second kappa shape index (κ2) is 10.4. The average molecular weight is 439 g/mol. The highest BCUT2D eigenvalue weighted by atomic mass is 32.2. The number of carbonyl (C=O) groups is 1. The number of hydrogen-bond acceptors (Lipinski definition) is 5. The van der Waals surface area contributed by atoms with Crippen LogP contribution in [-0.2, 0) is 10.0 Å². The number of aromatic carboxylic acids is 1. The first-order valence-corrected chi connectivity index (χ1v) is 11.3. The van der Waals surface area contributed by atoms with E-state index >= 15 is 0 Å².